The number of benzene rings is 1. The van der Waals surface area contributed by atoms with Gasteiger partial charge in [0.25, 0.3) is 0 Å². The van der Waals surface area contributed by atoms with Crippen molar-refractivity contribution in [2.45, 2.75) is 26.7 Å². The average molecular weight is 336 g/mol. The number of hydrogen-bond donors (Lipinski definition) is 0. The lowest BCUT2D eigenvalue weighted by molar-refractivity contribution is -0.117. The molecular formula is C20H20N2O3. The summed E-state index contributed by atoms with van der Waals surface area (Å²) in [5, 5.41) is 8.82. The third-order valence-electron chi connectivity index (χ3n) is 4.77. The summed E-state index contributed by atoms with van der Waals surface area (Å²) < 4.78 is 5.67. The minimum absolute atomic E-state index is 0.0485. The molecule has 5 heteroatoms. The fourth-order valence-electron chi connectivity index (χ4n) is 3.27. The summed E-state index contributed by atoms with van der Waals surface area (Å²) >= 11 is 0. The van der Waals surface area contributed by atoms with Crippen molar-refractivity contribution in [2.75, 3.05) is 19.7 Å². The van der Waals surface area contributed by atoms with Crippen LogP contribution in [0.2, 0.25) is 0 Å². The molecule has 1 aromatic carbocycles. The first-order chi connectivity index (χ1) is 12.0. The van der Waals surface area contributed by atoms with Gasteiger partial charge < -0.3 is 9.64 Å². The summed E-state index contributed by atoms with van der Waals surface area (Å²) in [6.45, 7) is 5.13. The Balaban J connectivity index is 1.78. The summed E-state index contributed by atoms with van der Waals surface area (Å²) in [6, 6.07) is 8.72. The van der Waals surface area contributed by atoms with E-state index in [0.29, 0.717) is 33.7 Å². The van der Waals surface area contributed by atoms with Crippen molar-refractivity contribution in [3.63, 3.8) is 0 Å². The van der Waals surface area contributed by atoms with Crippen molar-refractivity contribution in [2.24, 2.45) is 0 Å². The van der Waals surface area contributed by atoms with E-state index in [1.165, 1.54) is 0 Å². The highest BCUT2D eigenvalue weighted by Crippen LogP contribution is 2.29. The van der Waals surface area contributed by atoms with Crippen LogP contribution in [0.3, 0.4) is 0 Å². The molecule has 25 heavy (non-hydrogen) atoms. The predicted molar refractivity (Wildman–Crippen MR) is 92.9 cm³/mol. The van der Waals surface area contributed by atoms with E-state index in [-0.39, 0.29) is 18.2 Å². The highest BCUT2D eigenvalue weighted by molar-refractivity contribution is 6.24. The molecule has 1 aliphatic heterocycles. The Morgan fingerprint density at radius 1 is 1.04 bits per heavy atom. The van der Waals surface area contributed by atoms with Crippen LogP contribution in [-0.4, -0.2) is 36.2 Å². The molecular weight excluding hydrogens is 316 g/mol. The van der Waals surface area contributed by atoms with Gasteiger partial charge in [-0.15, -0.1) is 0 Å². The van der Waals surface area contributed by atoms with Crippen LogP contribution in [0, 0.1) is 11.3 Å². The number of hydrogen-bond acceptors (Lipinski definition) is 5. The second-order valence-electron chi connectivity index (χ2n) is 6.35. The molecule has 128 valence electrons. The van der Waals surface area contributed by atoms with E-state index < -0.39 is 0 Å². The molecule has 2 aliphatic rings. The molecule has 1 heterocycles. The van der Waals surface area contributed by atoms with Gasteiger partial charge in [-0.2, -0.15) is 5.26 Å². The molecule has 1 saturated heterocycles. The van der Waals surface area contributed by atoms with Crippen molar-refractivity contribution in [1.82, 2.24) is 4.90 Å². The van der Waals surface area contributed by atoms with Gasteiger partial charge in [-0.05, 0) is 51.0 Å². The van der Waals surface area contributed by atoms with Crippen LogP contribution in [0.5, 0.6) is 5.75 Å². The monoisotopic (exact) mass is 336 g/mol. The minimum atomic E-state index is -0.118. The van der Waals surface area contributed by atoms with Crippen LogP contribution in [0.4, 0.5) is 0 Å². The zero-order chi connectivity index (χ0) is 18.0. The first-order valence-electron chi connectivity index (χ1n) is 8.41. The summed E-state index contributed by atoms with van der Waals surface area (Å²) in [6.07, 6.45) is 2.10. The van der Waals surface area contributed by atoms with Crippen LogP contribution >= 0.6 is 0 Å². The summed E-state index contributed by atoms with van der Waals surface area (Å²) in [7, 11) is 0. The van der Waals surface area contributed by atoms with Gasteiger partial charge in [0.1, 0.15) is 12.4 Å². The van der Waals surface area contributed by atoms with Gasteiger partial charge in [-0.25, -0.2) is 0 Å². The van der Waals surface area contributed by atoms with Crippen LogP contribution in [0.25, 0.3) is 0 Å². The highest BCUT2D eigenvalue weighted by atomic mass is 16.5. The number of ether oxygens (including phenoxy) is 1. The zero-order valence-corrected chi connectivity index (χ0v) is 14.5. The van der Waals surface area contributed by atoms with Gasteiger partial charge in [0.15, 0.2) is 5.78 Å². The number of carbonyl (C=O) groups excluding carboxylic acids is 2. The molecule has 0 atom stereocenters. The highest BCUT2D eigenvalue weighted by Gasteiger charge is 2.34. The Morgan fingerprint density at radius 2 is 1.68 bits per heavy atom. The lowest BCUT2D eigenvalue weighted by atomic mass is 9.88. The molecule has 0 N–H and O–H groups in total. The molecule has 0 bridgehead atoms. The van der Waals surface area contributed by atoms with Gasteiger partial charge in [0.2, 0.25) is 5.78 Å². The van der Waals surface area contributed by atoms with Gasteiger partial charge in [0, 0.05) is 29.8 Å². The largest absolute Gasteiger partial charge is 0.489 e. The van der Waals surface area contributed by atoms with E-state index in [1.54, 1.807) is 38.1 Å². The first kappa shape index (κ1) is 17.0. The smallest absolute Gasteiger partial charge is 0.205 e. The molecule has 0 saturated carbocycles. The van der Waals surface area contributed by atoms with Crippen molar-refractivity contribution < 1.29 is 14.3 Å². The molecule has 0 radical (unpaired) electrons. The number of Topliss-reactive ketones (excluding diaryl/α,β-unsaturated/α-hetero) is 2. The quantitative estimate of drug-likeness (QED) is 0.791. The first-order valence-corrected chi connectivity index (χ1v) is 8.41. The Kier molecular flexibility index (Phi) is 4.71. The Morgan fingerprint density at radius 3 is 2.28 bits per heavy atom. The molecule has 5 nitrogen and oxygen atoms in total. The van der Waals surface area contributed by atoms with Crippen LogP contribution < -0.4 is 4.74 Å². The van der Waals surface area contributed by atoms with E-state index in [0.717, 1.165) is 25.9 Å². The predicted octanol–water partition coefficient (Wildman–Crippen LogP) is 2.78. The maximum atomic E-state index is 12.8. The Bertz CT molecular complexity index is 819. The topological polar surface area (TPSA) is 70.4 Å². The molecule has 1 aliphatic carbocycles. The fourth-order valence-corrected chi connectivity index (χ4v) is 3.27. The summed E-state index contributed by atoms with van der Waals surface area (Å²) in [5.41, 5.74) is 2.49. The normalized spacial score (nSPS) is 18.0. The number of carbonyl (C=O) groups is 2. The summed E-state index contributed by atoms with van der Waals surface area (Å²) in [5.74, 6) is 0.372. The summed E-state index contributed by atoms with van der Waals surface area (Å²) in [4.78, 5) is 27.5. The Hall–Kier alpha value is -2.87. The van der Waals surface area contributed by atoms with Crippen LogP contribution in [-0.2, 0) is 9.59 Å². The van der Waals surface area contributed by atoms with Crippen molar-refractivity contribution in [3.05, 3.63) is 52.2 Å². The lowest BCUT2D eigenvalue weighted by Crippen LogP contribution is -2.33. The van der Waals surface area contributed by atoms with Crippen molar-refractivity contribution in [1.29, 1.82) is 5.26 Å². The fraction of sp³-hybridized carbons (Fsp3) is 0.350. The number of ketones is 2. The van der Waals surface area contributed by atoms with E-state index in [9.17, 15) is 9.59 Å². The number of nitriles is 1. The molecule has 1 fully saturated rings. The van der Waals surface area contributed by atoms with Gasteiger partial charge in [0.05, 0.1) is 17.3 Å². The second kappa shape index (κ2) is 6.94. The molecule has 0 amide bonds. The van der Waals surface area contributed by atoms with Gasteiger partial charge in [-0.1, -0.05) is 0 Å². The van der Waals surface area contributed by atoms with E-state index in [2.05, 4.69) is 0 Å². The number of nitrogens with zero attached hydrogens (tertiary/aromatic N) is 2. The molecule has 3 rings (SSSR count). The van der Waals surface area contributed by atoms with Gasteiger partial charge in [-0.3, -0.25) is 9.59 Å². The molecule has 0 spiro atoms. The van der Waals surface area contributed by atoms with E-state index >= 15 is 0 Å². The SMILES string of the molecule is CC1=C(COc2ccc(C#N)cc2)C(=O)C(C)=C(N2CCCC2)C1=O. The third kappa shape index (κ3) is 3.20. The minimum Gasteiger partial charge on any atom is -0.489 e. The maximum Gasteiger partial charge on any atom is 0.205 e. The Labute approximate surface area is 147 Å². The standard InChI is InChI=1S/C20H20N2O3/c1-13-17(12-25-16-7-5-15(11-21)6-8-16)19(23)14(2)18(20(13)24)22-9-3-4-10-22/h5-8H,3-4,9-10,12H2,1-2H3. The number of rotatable bonds is 4. The van der Waals surface area contributed by atoms with Crippen LogP contribution in [0.15, 0.2) is 46.7 Å². The van der Waals surface area contributed by atoms with E-state index in [4.69, 9.17) is 10.00 Å². The lowest BCUT2D eigenvalue weighted by Gasteiger charge is -2.27. The maximum absolute atomic E-state index is 12.8. The molecule has 1 aromatic rings. The van der Waals surface area contributed by atoms with Crippen molar-refractivity contribution in [3.8, 4) is 11.8 Å². The number of allylic oxidation sites excluding steroid dienone is 2. The zero-order valence-electron chi connectivity index (χ0n) is 14.5. The van der Waals surface area contributed by atoms with Crippen molar-refractivity contribution >= 4 is 11.6 Å². The molecule has 0 unspecified atom stereocenters. The molecule has 0 aromatic heterocycles. The second-order valence-corrected chi connectivity index (χ2v) is 6.35. The van der Waals surface area contributed by atoms with Crippen LogP contribution in [0.1, 0.15) is 32.3 Å². The number of likely N-dealkylation sites (tertiary alicyclic amines) is 1. The third-order valence-corrected chi connectivity index (χ3v) is 4.77. The average Bonchev–Trinajstić information content (AvgIpc) is 3.15. The van der Waals surface area contributed by atoms with E-state index in [1.807, 2.05) is 11.0 Å². The van der Waals surface area contributed by atoms with Gasteiger partial charge >= 0.3 is 0 Å².